The molecule has 0 amide bonds. The summed E-state index contributed by atoms with van der Waals surface area (Å²) in [5, 5.41) is 0.865. The van der Waals surface area contributed by atoms with Gasteiger partial charge in [0.25, 0.3) is 0 Å². The zero-order chi connectivity index (χ0) is 13.5. The van der Waals surface area contributed by atoms with Crippen LogP contribution in [0.5, 0.6) is 0 Å². The molecule has 1 aliphatic rings. The lowest BCUT2D eigenvalue weighted by Gasteiger charge is -2.27. The molecule has 19 heavy (non-hydrogen) atoms. The number of thioether (sulfide) groups is 1. The summed E-state index contributed by atoms with van der Waals surface area (Å²) < 4.78 is 5.76. The molecule has 4 nitrogen and oxygen atoms in total. The smallest absolute Gasteiger partial charge is 0.187 e. The highest BCUT2D eigenvalue weighted by molar-refractivity contribution is 7.99. The number of ether oxygens (including phenoxy) is 1. The van der Waals surface area contributed by atoms with E-state index in [1.54, 1.807) is 11.8 Å². The predicted octanol–water partition coefficient (Wildman–Crippen LogP) is 2.59. The van der Waals surface area contributed by atoms with Gasteiger partial charge in [0.2, 0.25) is 0 Å². The molecule has 1 saturated heterocycles. The maximum Gasteiger partial charge on any atom is 0.187 e. The Labute approximate surface area is 120 Å². The number of rotatable bonds is 6. The van der Waals surface area contributed by atoms with E-state index < -0.39 is 0 Å². The second-order valence-electron chi connectivity index (χ2n) is 4.99. The molecule has 1 aromatic heterocycles. The van der Waals surface area contributed by atoms with E-state index in [1.807, 2.05) is 12.4 Å². The fourth-order valence-corrected chi connectivity index (χ4v) is 2.82. The molecule has 1 fully saturated rings. The van der Waals surface area contributed by atoms with Gasteiger partial charge in [0, 0.05) is 37.7 Å². The number of nitrogens with zero attached hydrogens (tertiary/aromatic N) is 3. The summed E-state index contributed by atoms with van der Waals surface area (Å²) in [6.07, 6.45) is 7.96. The lowest BCUT2D eigenvalue weighted by atomic mass is 10.1. The zero-order valence-electron chi connectivity index (χ0n) is 11.8. The largest absolute Gasteiger partial charge is 0.377 e. The van der Waals surface area contributed by atoms with Gasteiger partial charge in [-0.3, -0.25) is 4.90 Å². The van der Waals surface area contributed by atoms with Gasteiger partial charge in [-0.1, -0.05) is 18.7 Å². The lowest BCUT2D eigenvalue weighted by molar-refractivity contribution is -0.00262. The standard InChI is InChI=1S/C14H23N3OS/c1-3-19-14-15-8-12(9-16-14)10-17(2)11-13-6-4-5-7-18-13/h8-9,13H,3-7,10-11H2,1-2H3/t13-/m1/s1. The first-order chi connectivity index (χ1) is 9.28. The molecular weight excluding hydrogens is 258 g/mol. The summed E-state index contributed by atoms with van der Waals surface area (Å²) >= 11 is 1.68. The molecule has 5 heteroatoms. The molecule has 0 unspecified atom stereocenters. The quantitative estimate of drug-likeness (QED) is 0.592. The number of likely N-dealkylation sites (N-methyl/N-ethyl adjacent to an activating group) is 1. The van der Waals surface area contributed by atoms with E-state index in [-0.39, 0.29) is 0 Å². The Balaban J connectivity index is 1.78. The Morgan fingerprint density at radius 1 is 1.37 bits per heavy atom. The zero-order valence-corrected chi connectivity index (χ0v) is 12.7. The minimum atomic E-state index is 0.398. The fraction of sp³-hybridized carbons (Fsp3) is 0.714. The van der Waals surface area contributed by atoms with Crippen LogP contribution in [0, 0.1) is 0 Å². The van der Waals surface area contributed by atoms with Crippen molar-refractivity contribution in [3.05, 3.63) is 18.0 Å². The lowest BCUT2D eigenvalue weighted by Crippen LogP contribution is -2.33. The number of hydrogen-bond acceptors (Lipinski definition) is 5. The Kier molecular flexibility index (Phi) is 6.07. The molecule has 2 rings (SSSR count). The first kappa shape index (κ1) is 14.8. The maximum absolute atomic E-state index is 5.76. The summed E-state index contributed by atoms with van der Waals surface area (Å²) in [4.78, 5) is 11.0. The minimum Gasteiger partial charge on any atom is -0.377 e. The van der Waals surface area contributed by atoms with Crippen molar-refractivity contribution in [2.75, 3.05) is 26.0 Å². The predicted molar refractivity (Wildman–Crippen MR) is 78.4 cm³/mol. The molecular formula is C14H23N3OS. The fourth-order valence-electron chi connectivity index (χ4n) is 2.30. The number of aromatic nitrogens is 2. The third kappa shape index (κ3) is 5.09. The van der Waals surface area contributed by atoms with Gasteiger partial charge in [-0.05, 0) is 32.1 Å². The van der Waals surface area contributed by atoms with Gasteiger partial charge in [-0.15, -0.1) is 0 Å². The molecule has 2 heterocycles. The summed E-state index contributed by atoms with van der Waals surface area (Å²) in [5.74, 6) is 1.01. The van der Waals surface area contributed by atoms with Crippen LogP contribution >= 0.6 is 11.8 Å². The van der Waals surface area contributed by atoms with E-state index in [1.165, 1.54) is 24.8 Å². The first-order valence-electron chi connectivity index (χ1n) is 7.01. The average molecular weight is 281 g/mol. The van der Waals surface area contributed by atoms with Gasteiger partial charge in [-0.2, -0.15) is 0 Å². The molecule has 0 aromatic carbocycles. The number of hydrogen-bond donors (Lipinski definition) is 0. The molecule has 0 aliphatic carbocycles. The van der Waals surface area contributed by atoms with Crippen molar-refractivity contribution in [1.29, 1.82) is 0 Å². The molecule has 0 radical (unpaired) electrons. The van der Waals surface area contributed by atoms with E-state index in [4.69, 9.17) is 4.74 Å². The highest BCUT2D eigenvalue weighted by Gasteiger charge is 2.15. The van der Waals surface area contributed by atoms with Crippen LogP contribution in [0.1, 0.15) is 31.7 Å². The normalized spacial score (nSPS) is 19.8. The van der Waals surface area contributed by atoms with E-state index >= 15 is 0 Å². The summed E-state index contributed by atoms with van der Waals surface area (Å²) in [7, 11) is 2.13. The maximum atomic E-state index is 5.76. The molecule has 1 atom stereocenters. The van der Waals surface area contributed by atoms with E-state index in [9.17, 15) is 0 Å². The van der Waals surface area contributed by atoms with Crippen molar-refractivity contribution < 1.29 is 4.74 Å². The van der Waals surface area contributed by atoms with Crippen LogP contribution in [0.3, 0.4) is 0 Å². The Morgan fingerprint density at radius 3 is 2.79 bits per heavy atom. The first-order valence-corrected chi connectivity index (χ1v) is 8.00. The van der Waals surface area contributed by atoms with E-state index in [0.29, 0.717) is 6.10 Å². The third-order valence-electron chi connectivity index (χ3n) is 3.20. The third-order valence-corrected chi connectivity index (χ3v) is 3.95. The van der Waals surface area contributed by atoms with Crippen molar-refractivity contribution in [3.8, 4) is 0 Å². The Morgan fingerprint density at radius 2 is 2.16 bits per heavy atom. The van der Waals surface area contributed by atoms with Crippen molar-refractivity contribution in [2.45, 2.75) is 44.0 Å². The highest BCUT2D eigenvalue weighted by atomic mass is 32.2. The second-order valence-corrected chi connectivity index (χ2v) is 6.22. The molecule has 0 spiro atoms. The van der Waals surface area contributed by atoms with Gasteiger partial charge >= 0.3 is 0 Å². The van der Waals surface area contributed by atoms with Crippen LogP contribution in [0.25, 0.3) is 0 Å². The van der Waals surface area contributed by atoms with Crippen molar-refractivity contribution in [2.24, 2.45) is 0 Å². The van der Waals surface area contributed by atoms with Crippen LogP contribution < -0.4 is 0 Å². The van der Waals surface area contributed by atoms with Gasteiger partial charge in [0.15, 0.2) is 5.16 Å². The van der Waals surface area contributed by atoms with Gasteiger partial charge in [0.1, 0.15) is 0 Å². The van der Waals surface area contributed by atoms with Gasteiger partial charge < -0.3 is 4.74 Å². The van der Waals surface area contributed by atoms with Crippen LogP contribution in [0.2, 0.25) is 0 Å². The second kappa shape index (κ2) is 7.82. The van der Waals surface area contributed by atoms with E-state index in [0.717, 1.165) is 30.6 Å². The Hall–Kier alpha value is -0.650. The Bertz CT molecular complexity index is 365. The van der Waals surface area contributed by atoms with E-state index in [2.05, 4.69) is 28.8 Å². The van der Waals surface area contributed by atoms with Crippen LogP contribution in [-0.2, 0) is 11.3 Å². The van der Waals surface area contributed by atoms with Crippen LogP contribution in [-0.4, -0.2) is 46.9 Å². The van der Waals surface area contributed by atoms with Gasteiger partial charge in [-0.25, -0.2) is 9.97 Å². The van der Waals surface area contributed by atoms with Crippen LogP contribution in [0.4, 0.5) is 0 Å². The summed E-state index contributed by atoms with van der Waals surface area (Å²) in [6, 6.07) is 0. The molecule has 1 aliphatic heterocycles. The van der Waals surface area contributed by atoms with Crippen molar-refractivity contribution >= 4 is 11.8 Å². The molecule has 0 saturated carbocycles. The topological polar surface area (TPSA) is 38.2 Å². The average Bonchev–Trinajstić information content (AvgIpc) is 2.42. The molecule has 0 bridgehead atoms. The molecule has 0 N–H and O–H groups in total. The SMILES string of the molecule is CCSc1ncc(CN(C)C[C@H]2CCCCO2)cn1. The summed E-state index contributed by atoms with van der Waals surface area (Å²) in [6.45, 7) is 4.91. The highest BCUT2D eigenvalue weighted by Crippen LogP contribution is 2.15. The van der Waals surface area contributed by atoms with Crippen molar-refractivity contribution in [3.63, 3.8) is 0 Å². The summed E-state index contributed by atoms with van der Waals surface area (Å²) in [5.41, 5.74) is 1.17. The van der Waals surface area contributed by atoms with Crippen LogP contribution in [0.15, 0.2) is 17.6 Å². The molecule has 106 valence electrons. The monoisotopic (exact) mass is 281 g/mol. The van der Waals surface area contributed by atoms with Gasteiger partial charge in [0.05, 0.1) is 6.10 Å². The molecule has 1 aromatic rings. The minimum absolute atomic E-state index is 0.398. The van der Waals surface area contributed by atoms with Crippen molar-refractivity contribution in [1.82, 2.24) is 14.9 Å².